The van der Waals surface area contributed by atoms with Crippen molar-refractivity contribution in [2.75, 3.05) is 0 Å². The molecule has 1 aromatic heterocycles. The summed E-state index contributed by atoms with van der Waals surface area (Å²) in [6, 6.07) is 9.23. The van der Waals surface area contributed by atoms with Gasteiger partial charge in [-0.25, -0.2) is 5.01 Å². The molecule has 1 aliphatic heterocycles. The largest absolute Gasteiger partial charge is 0.460 e. The fourth-order valence-electron chi connectivity index (χ4n) is 2.73. The number of nitrogens with one attached hydrogen (secondary N) is 1. The van der Waals surface area contributed by atoms with Crippen LogP contribution in [0.1, 0.15) is 15.9 Å². The summed E-state index contributed by atoms with van der Waals surface area (Å²) in [7, 11) is 0. The van der Waals surface area contributed by atoms with Gasteiger partial charge in [0.15, 0.2) is 0 Å². The fraction of sp³-hybridized carbons (Fsp3) is 0.222. The lowest BCUT2D eigenvalue weighted by Gasteiger charge is -2.41. The van der Waals surface area contributed by atoms with Gasteiger partial charge in [-0.15, -0.1) is 0 Å². The van der Waals surface area contributed by atoms with Gasteiger partial charge in [-0.1, -0.05) is 30.3 Å². The van der Waals surface area contributed by atoms with Gasteiger partial charge in [0.1, 0.15) is 0 Å². The van der Waals surface area contributed by atoms with Crippen LogP contribution in [0.2, 0.25) is 0 Å². The van der Waals surface area contributed by atoms with Crippen LogP contribution in [0.5, 0.6) is 0 Å². The summed E-state index contributed by atoms with van der Waals surface area (Å²) in [5.41, 5.74) is -3.24. The van der Waals surface area contributed by atoms with E-state index < -0.39 is 40.9 Å². The predicted octanol–water partition coefficient (Wildman–Crippen LogP) is 3.60. The van der Waals surface area contributed by atoms with Gasteiger partial charge in [0.05, 0.1) is 11.3 Å². The van der Waals surface area contributed by atoms with E-state index in [1.165, 1.54) is 42.6 Å². The highest BCUT2D eigenvalue weighted by molar-refractivity contribution is 5.95. The van der Waals surface area contributed by atoms with Crippen LogP contribution in [-0.2, 0) is 0 Å². The number of hydrogen-bond acceptors (Lipinski definition) is 4. The average molecular weight is 435 g/mol. The number of aromatic nitrogens is 1. The molecule has 1 atom stereocenters. The van der Waals surface area contributed by atoms with Crippen LogP contribution in [0.4, 0.5) is 30.7 Å². The van der Waals surface area contributed by atoms with Gasteiger partial charge >= 0.3 is 18.0 Å². The SMILES string of the molecule is O=C(c1cccnc1)N1NC(c2ccccc2)=C[C@@]1(O)C(F)(F)C(F)(F)C(F)(F)F. The van der Waals surface area contributed by atoms with Crippen molar-refractivity contribution in [2.24, 2.45) is 0 Å². The molecule has 1 aromatic carbocycles. The summed E-state index contributed by atoms with van der Waals surface area (Å²) in [6.07, 6.45) is -4.58. The molecule has 30 heavy (non-hydrogen) atoms. The molecular formula is C18H12F7N3O2. The van der Waals surface area contributed by atoms with E-state index in [2.05, 4.69) is 4.98 Å². The van der Waals surface area contributed by atoms with Crippen molar-refractivity contribution in [2.45, 2.75) is 23.7 Å². The Bertz CT molecular complexity index is 965. The first-order valence-electron chi connectivity index (χ1n) is 8.17. The Labute approximate surface area is 164 Å². The summed E-state index contributed by atoms with van der Waals surface area (Å²) in [5.74, 6) is -14.3. The van der Waals surface area contributed by atoms with Crippen molar-refractivity contribution in [3.05, 3.63) is 72.1 Å². The van der Waals surface area contributed by atoms with E-state index in [1.54, 1.807) is 0 Å². The van der Waals surface area contributed by atoms with Crippen molar-refractivity contribution in [3.8, 4) is 0 Å². The number of nitrogens with zero attached hydrogens (tertiary/aromatic N) is 2. The number of hydrogen-bond donors (Lipinski definition) is 2. The van der Waals surface area contributed by atoms with Gasteiger partial charge in [0.2, 0.25) is 0 Å². The van der Waals surface area contributed by atoms with Crippen LogP contribution >= 0.6 is 0 Å². The zero-order valence-corrected chi connectivity index (χ0v) is 14.7. The van der Waals surface area contributed by atoms with Crippen molar-refractivity contribution < 1.29 is 40.6 Å². The Hall–Kier alpha value is -3.15. The molecule has 12 heteroatoms. The molecule has 160 valence electrons. The van der Waals surface area contributed by atoms with E-state index >= 15 is 0 Å². The Morgan fingerprint density at radius 2 is 1.63 bits per heavy atom. The number of carbonyl (C=O) groups is 1. The Kier molecular flexibility index (Phi) is 5.01. The standard InChI is InChI=1S/C18H12F7N3O2/c19-16(20,17(21,22)18(23,24)25)15(30)9-13(11-5-2-1-3-6-11)27-28(15)14(29)12-7-4-8-26-10-12/h1-10,27,30H/t15-/m1/s1. The number of alkyl halides is 7. The first kappa shape index (κ1) is 21.6. The smallest absolute Gasteiger partial charge is 0.361 e. The second-order valence-corrected chi connectivity index (χ2v) is 6.29. The minimum Gasteiger partial charge on any atom is -0.361 e. The number of halogens is 7. The van der Waals surface area contributed by atoms with Crippen LogP contribution in [-0.4, -0.2) is 44.8 Å². The second kappa shape index (κ2) is 6.97. The Morgan fingerprint density at radius 1 is 1.00 bits per heavy atom. The summed E-state index contributed by atoms with van der Waals surface area (Å²) in [5, 5.41) is 10.1. The molecule has 5 nitrogen and oxygen atoms in total. The van der Waals surface area contributed by atoms with E-state index in [0.717, 1.165) is 12.3 Å². The molecular weight excluding hydrogens is 423 g/mol. The molecule has 2 heterocycles. The van der Waals surface area contributed by atoms with Crippen LogP contribution in [0.3, 0.4) is 0 Å². The number of rotatable bonds is 4. The molecule has 0 bridgehead atoms. The molecule has 0 spiro atoms. The van der Waals surface area contributed by atoms with Gasteiger partial charge in [-0.05, 0) is 17.7 Å². The first-order chi connectivity index (χ1) is 13.8. The number of benzene rings is 1. The molecule has 2 N–H and O–H groups in total. The Balaban J connectivity index is 2.16. The molecule has 0 saturated heterocycles. The molecule has 0 saturated carbocycles. The zero-order valence-electron chi connectivity index (χ0n) is 14.7. The topological polar surface area (TPSA) is 65.5 Å². The molecule has 0 aliphatic carbocycles. The van der Waals surface area contributed by atoms with Crippen LogP contribution in [0, 0.1) is 0 Å². The quantitative estimate of drug-likeness (QED) is 0.721. The highest BCUT2D eigenvalue weighted by Gasteiger charge is 2.82. The van der Waals surface area contributed by atoms with Gasteiger partial charge in [-0.2, -0.15) is 30.7 Å². The van der Waals surface area contributed by atoms with Gasteiger partial charge in [0.25, 0.3) is 11.6 Å². The van der Waals surface area contributed by atoms with Gasteiger partial charge in [-0.3, -0.25) is 15.2 Å². The second-order valence-electron chi connectivity index (χ2n) is 6.29. The first-order valence-corrected chi connectivity index (χ1v) is 8.17. The summed E-state index contributed by atoms with van der Waals surface area (Å²) in [6.45, 7) is 0. The highest BCUT2D eigenvalue weighted by Crippen LogP contribution is 2.54. The number of amides is 1. The average Bonchev–Trinajstić information content (AvgIpc) is 3.07. The van der Waals surface area contributed by atoms with Crippen molar-refractivity contribution in [1.82, 2.24) is 15.4 Å². The minimum atomic E-state index is -6.71. The van der Waals surface area contributed by atoms with E-state index in [1.807, 2.05) is 5.43 Å². The lowest BCUT2D eigenvalue weighted by atomic mass is 9.96. The Morgan fingerprint density at radius 3 is 2.17 bits per heavy atom. The summed E-state index contributed by atoms with van der Waals surface area (Å²) in [4.78, 5) is 16.2. The molecule has 1 amide bonds. The monoisotopic (exact) mass is 435 g/mol. The van der Waals surface area contributed by atoms with Crippen LogP contribution in [0.25, 0.3) is 5.70 Å². The van der Waals surface area contributed by atoms with Crippen molar-refractivity contribution in [1.29, 1.82) is 0 Å². The van der Waals surface area contributed by atoms with Crippen molar-refractivity contribution >= 4 is 11.6 Å². The lowest BCUT2D eigenvalue weighted by Crippen LogP contribution is -2.70. The molecule has 3 rings (SSSR count). The summed E-state index contributed by atoms with van der Waals surface area (Å²) >= 11 is 0. The third kappa shape index (κ3) is 3.16. The number of pyridine rings is 1. The van der Waals surface area contributed by atoms with E-state index in [9.17, 15) is 40.6 Å². The maximum absolute atomic E-state index is 14.6. The number of hydrazine groups is 1. The van der Waals surface area contributed by atoms with Gasteiger partial charge < -0.3 is 5.11 Å². The maximum Gasteiger partial charge on any atom is 0.460 e. The summed E-state index contributed by atoms with van der Waals surface area (Å²) < 4.78 is 94.8. The van der Waals surface area contributed by atoms with E-state index in [-0.39, 0.29) is 16.6 Å². The minimum absolute atomic E-state index is 0.0449. The molecule has 0 unspecified atom stereocenters. The molecule has 0 fully saturated rings. The van der Waals surface area contributed by atoms with E-state index in [0.29, 0.717) is 0 Å². The van der Waals surface area contributed by atoms with E-state index in [4.69, 9.17) is 0 Å². The third-order valence-electron chi connectivity index (χ3n) is 4.33. The predicted molar refractivity (Wildman–Crippen MR) is 88.9 cm³/mol. The molecule has 1 aliphatic rings. The zero-order chi connectivity index (χ0) is 22.4. The number of aliphatic hydroxyl groups is 1. The number of carbonyl (C=O) groups excluding carboxylic acids is 1. The molecule has 0 radical (unpaired) electrons. The van der Waals surface area contributed by atoms with Crippen molar-refractivity contribution in [3.63, 3.8) is 0 Å². The van der Waals surface area contributed by atoms with Gasteiger partial charge in [0, 0.05) is 18.5 Å². The van der Waals surface area contributed by atoms with Crippen LogP contribution in [0.15, 0.2) is 60.9 Å². The third-order valence-corrected chi connectivity index (χ3v) is 4.33. The maximum atomic E-state index is 14.6. The van der Waals surface area contributed by atoms with Crippen LogP contribution < -0.4 is 5.43 Å². The molecule has 2 aromatic rings. The fourth-order valence-corrected chi connectivity index (χ4v) is 2.73. The highest BCUT2D eigenvalue weighted by atomic mass is 19.4. The lowest BCUT2D eigenvalue weighted by molar-refractivity contribution is -0.394. The normalized spacial score (nSPS) is 20.0.